The molecule has 2 atom stereocenters. The van der Waals surface area contributed by atoms with Gasteiger partial charge in [-0.2, -0.15) is 0 Å². The van der Waals surface area contributed by atoms with Gasteiger partial charge in [-0.15, -0.1) is 0 Å². The highest BCUT2D eigenvalue weighted by Crippen LogP contribution is 2.31. The molecule has 1 aromatic rings. The Labute approximate surface area is 148 Å². The predicted octanol–water partition coefficient (Wildman–Crippen LogP) is 1.65. The van der Waals surface area contributed by atoms with Crippen LogP contribution in [0.25, 0.3) is 0 Å². The second-order valence-electron chi connectivity index (χ2n) is 7.00. The number of amides is 2. The molecule has 2 amide bonds. The molecule has 1 heterocycles. The number of anilines is 2. The molecule has 0 radical (unpaired) electrons. The Morgan fingerprint density at radius 1 is 1.40 bits per heavy atom. The van der Waals surface area contributed by atoms with Crippen molar-refractivity contribution in [2.75, 3.05) is 37.4 Å². The van der Waals surface area contributed by atoms with E-state index >= 15 is 0 Å². The Bertz CT molecular complexity index is 649. The number of nitrogens with zero attached hydrogens (tertiary/aromatic N) is 1. The van der Waals surface area contributed by atoms with Crippen LogP contribution >= 0.6 is 0 Å². The van der Waals surface area contributed by atoms with Crippen LogP contribution in [0.15, 0.2) is 18.2 Å². The molecule has 0 bridgehead atoms. The molecule has 1 aliphatic heterocycles. The van der Waals surface area contributed by atoms with E-state index in [1.54, 1.807) is 25.3 Å². The molecule has 7 heteroatoms. The summed E-state index contributed by atoms with van der Waals surface area (Å²) in [7, 11) is 1.54. The Morgan fingerprint density at radius 2 is 2.12 bits per heavy atom. The minimum atomic E-state index is -0.275. The zero-order chi connectivity index (χ0) is 18.6. The summed E-state index contributed by atoms with van der Waals surface area (Å²) in [5.74, 6) is 0.261. The number of carbonyl (C=O) groups excluding carboxylic acids is 2. The molecule has 1 saturated heterocycles. The first-order valence-corrected chi connectivity index (χ1v) is 8.48. The summed E-state index contributed by atoms with van der Waals surface area (Å²) >= 11 is 0. The summed E-state index contributed by atoms with van der Waals surface area (Å²) in [5.41, 5.74) is 7.05. The highest BCUT2D eigenvalue weighted by molar-refractivity contribution is 5.97. The third-order valence-electron chi connectivity index (χ3n) is 4.79. The second kappa shape index (κ2) is 7.84. The molecule has 7 nitrogen and oxygen atoms in total. The van der Waals surface area contributed by atoms with Crippen LogP contribution in [0.4, 0.5) is 11.4 Å². The maximum Gasteiger partial charge on any atom is 0.241 e. The molecule has 1 fully saturated rings. The fourth-order valence-electron chi connectivity index (χ4n) is 3.05. The fourth-order valence-corrected chi connectivity index (χ4v) is 3.05. The van der Waals surface area contributed by atoms with E-state index in [4.69, 9.17) is 10.5 Å². The number of hydrogen-bond acceptors (Lipinski definition) is 5. The van der Waals surface area contributed by atoms with Gasteiger partial charge in [-0.25, -0.2) is 0 Å². The first-order chi connectivity index (χ1) is 11.8. The zero-order valence-corrected chi connectivity index (χ0v) is 15.4. The van der Waals surface area contributed by atoms with Gasteiger partial charge in [0.1, 0.15) is 5.75 Å². The minimum Gasteiger partial charge on any atom is -0.495 e. The summed E-state index contributed by atoms with van der Waals surface area (Å²) in [6.45, 7) is 7.75. The number of likely N-dealkylation sites (tertiary alicyclic amines) is 1. The van der Waals surface area contributed by atoms with Crippen molar-refractivity contribution in [1.82, 2.24) is 4.90 Å². The van der Waals surface area contributed by atoms with Crippen LogP contribution in [0.2, 0.25) is 0 Å². The average molecular weight is 348 g/mol. The van der Waals surface area contributed by atoms with Crippen molar-refractivity contribution in [2.24, 2.45) is 11.1 Å². The highest BCUT2D eigenvalue weighted by Gasteiger charge is 2.36. The van der Waals surface area contributed by atoms with Gasteiger partial charge in [0.05, 0.1) is 18.8 Å². The SMILES string of the molecule is COc1ccc(NC(C)=O)cc1NC(=O)C(C)N1CCC(C)(CN)C1. The van der Waals surface area contributed by atoms with Crippen molar-refractivity contribution in [3.05, 3.63) is 18.2 Å². The van der Waals surface area contributed by atoms with Crippen LogP contribution in [-0.2, 0) is 9.59 Å². The van der Waals surface area contributed by atoms with E-state index in [-0.39, 0.29) is 23.3 Å². The lowest BCUT2D eigenvalue weighted by molar-refractivity contribution is -0.120. The largest absolute Gasteiger partial charge is 0.495 e. The molecular weight excluding hydrogens is 320 g/mol. The van der Waals surface area contributed by atoms with Gasteiger partial charge in [-0.3, -0.25) is 14.5 Å². The van der Waals surface area contributed by atoms with Crippen LogP contribution in [-0.4, -0.2) is 49.5 Å². The van der Waals surface area contributed by atoms with Crippen LogP contribution in [0, 0.1) is 5.41 Å². The lowest BCUT2D eigenvalue weighted by Gasteiger charge is -2.26. The lowest BCUT2D eigenvalue weighted by Crippen LogP contribution is -2.42. The first kappa shape index (κ1) is 19.2. The van der Waals surface area contributed by atoms with E-state index in [1.165, 1.54) is 6.92 Å². The molecule has 0 aliphatic carbocycles. The third kappa shape index (κ3) is 4.70. The molecule has 138 valence electrons. The normalized spacial score (nSPS) is 21.6. The minimum absolute atomic E-state index is 0.0670. The molecule has 0 spiro atoms. The van der Waals surface area contributed by atoms with Crippen molar-refractivity contribution in [3.63, 3.8) is 0 Å². The van der Waals surface area contributed by atoms with E-state index in [2.05, 4.69) is 22.5 Å². The number of methoxy groups -OCH3 is 1. The second-order valence-corrected chi connectivity index (χ2v) is 7.00. The average Bonchev–Trinajstić information content (AvgIpc) is 2.97. The van der Waals surface area contributed by atoms with Crippen LogP contribution in [0.5, 0.6) is 5.75 Å². The topological polar surface area (TPSA) is 96.7 Å². The van der Waals surface area contributed by atoms with Gasteiger partial charge in [0, 0.05) is 19.2 Å². The van der Waals surface area contributed by atoms with Crippen LogP contribution in [0.1, 0.15) is 27.2 Å². The predicted molar refractivity (Wildman–Crippen MR) is 98.7 cm³/mol. The van der Waals surface area contributed by atoms with Crippen molar-refractivity contribution in [1.29, 1.82) is 0 Å². The van der Waals surface area contributed by atoms with Crippen LogP contribution in [0.3, 0.4) is 0 Å². The number of benzene rings is 1. The number of rotatable bonds is 6. The molecule has 1 aliphatic rings. The third-order valence-corrected chi connectivity index (χ3v) is 4.79. The van der Waals surface area contributed by atoms with Gasteiger partial charge < -0.3 is 21.1 Å². The number of hydrogen-bond donors (Lipinski definition) is 3. The van der Waals surface area contributed by atoms with Crippen LogP contribution < -0.4 is 21.1 Å². The number of nitrogens with two attached hydrogens (primary N) is 1. The molecule has 4 N–H and O–H groups in total. The molecule has 0 saturated carbocycles. The Kier molecular flexibility index (Phi) is 6.02. The van der Waals surface area contributed by atoms with Crippen molar-refractivity contribution < 1.29 is 14.3 Å². The quantitative estimate of drug-likeness (QED) is 0.726. The fraction of sp³-hybridized carbons (Fsp3) is 0.556. The van der Waals surface area contributed by atoms with Gasteiger partial charge in [0.25, 0.3) is 0 Å². The number of ether oxygens (including phenoxy) is 1. The van der Waals surface area contributed by atoms with Gasteiger partial charge >= 0.3 is 0 Å². The molecule has 1 aromatic carbocycles. The standard InChI is InChI=1S/C18H28N4O3/c1-12(22-8-7-18(3,10-19)11-22)17(24)21-15-9-14(20-13(2)23)5-6-16(15)25-4/h5-6,9,12H,7-8,10-11,19H2,1-4H3,(H,20,23)(H,21,24). The lowest BCUT2D eigenvalue weighted by atomic mass is 9.90. The molecule has 2 rings (SSSR count). The maximum atomic E-state index is 12.7. The van der Waals surface area contributed by atoms with Gasteiger partial charge in [0.15, 0.2) is 0 Å². The van der Waals surface area contributed by atoms with E-state index in [0.717, 1.165) is 19.5 Å². The molecule has 0 aromatic heterocycles. The van der Waals surface area contributed by atoms with Gasteiger partial charge in [-0.1, -0.05) is 6.92 Å². The maximum absolute atomic E-state index is 12.7. The van der Waals surface area contributed by atoms with E-state index in [9.17, 15) is 9.59 Å². The zero-order valence-electron chi connectivity index (χ0n) is 15.4. The Morgan fingerprint density at radius 3 is 2.68 bits per heavy atom. The number of carbonyl (C=O) groups is 2. The highest BCUT2D eigenvalue weighted by atomic mass is 16.5. The first-order valence-electron chi connectivity index (χ1n) is 8.48. The Hall–Kier alpha value is -2.12. The van der Waals surface area contributed by atoms with E-state index < -0.39 is 0 Å². The smallest absolute Gasteiger partial charge is 0.241 e. The summed E-state index contributed by atoms with van der Waals surface area (Å²) in [4.78, 5) is 26.0. The van der Waals surface area contributed by atoms with Crippen molar-refractivity contribution >= 4 is 23.2 Å². The Balaban J connectivity index is 2.10. The van der Waals surface area contributed by atoms with E-state index in [0.29, 0.717) is 23.7 Å². The summed E-state index contributed by atoms with van der Waals surface area (Å²) < 4.78 is 5.30. The molecule has 25 heavy (non-hydrogen) atoms. The summed E-state index contributed by atoms with van der Waals surface area (Å²) in [5, 5.41) is 5.61. The summed E-state index contributed by atoms with van der Waals surface area (Å²) in [6, 6.07) is 4.86. The van der Waals surface area contributed by atoms with Gasteiger partial charge in [-0.05, 0) is 50.0 Å². The van der Waals surface area contributed by atoms with Gasteiger partial charge in [0.2, 0.25) is 11.8 Å². The van der Waals surface area contributed by atoms with Crippen molar-refractivity contribution in [3.8, 4) is 5.75 Å². The summed E-state index contributed by atoms with van der Waals surface area (Å²) in [6.07, 6.45) is 0.989. The van der Waals surface area contributed by atoms with E-state index in [1.807, 2.05) is 6.92 Å². The molecular formula is C18H28N4O3. The molecule has 2 unspecified atom stereocenters. The monoisotopic (exact) mass is 348 g/mol. The van der Waals surface area contributed by atoms with Crippen molar-refractivity contribution in [2.45, 2.75) is 33.2 Å². The number of nitrogens with one attached hydrogen (secondary N) is 2.